The first-order chi connectivity index (χ1) is 11.3. The third-order valence-corrected chi connectivity index (χ3v) is 4.45. The first-order valence-corrected chi connectivity index (χ1v) is 8.06. The van der Waals surface area contributed by atoms with Crippen molar-refractivity contribution >= 4 is 34.0 Å². The zero-order chi connectivity index (χ0) is 15.6. The summed E-state index contributed by atoms with van der Waals surface area (Å²) in [6, 6.07) is 19.5. The van der Waals surface area contributed by atoms with Crippen molar-refractivity contribution in [3.63, 3.8) is 0 Å². The van der Waals surface area contributed by atoms with Crippen LogP contribution in [0, 0.1) is 0 Å². The Kier molecular flexibility index (Phi) is 3.40. The lowest BCUT2D eigenvalue weighted by Crippen LogP contribution is -2.09. The Balaban J connectivity index is 1.66. The van der Waals surface area contributed by atoms with Gasteiger partial charge in [0.15, 0.2) is 0 Å². The van der Waals surface area contributed by atoms with E-state index in [4.69, 9.17) is 0 Å². The van der Waals surface area contributed by atoms with Crippen molar-refractivity contribution in [1.82, 2.24) is 9.55 Å². The molecule has 2 aromatic heterocycles. The molecule has 0 saturated carbocycles. The normalized spacial score (nSPS) is 10.8. The Labute approximate surface area is 137 Å². The number of fused-ring (bicyclic) bond motifs is 1. The molecule has 4 aromatic rings. The van der Waals surface area contributed by atoms with Gasteiger partial charge in [0.2, 0.25) is 0 Å². The monoisotopic (exact) mass is 319 g/mol. The second-order valence-corrected chi connectivity index (χ2v) is 6.03. The van der Waals surface area contributed by atoms with Gasteiger partial charge in [-0.05, 0) is 41.8 Å². The molecule has 2 heterocycles. The van der Waals surface area contributed by atoms with E-state index in [1.54, 1.807) is 6.33 Å². The number of hydrogen-bond acceptors (Lipinski definition) is 3. The summed E-state index contributed by atoms with van der Waals surface area (Å²) in [6.45, 7) is 0. The number of carbonyl (C=O) groups is 1. The summed E-state index contributed by atoms with van der Waals surface area (Å²) in [5.74, 6) is -0.0955. The zero-order valence-corrected chi connectivity index (χ0v) is 13.0. The van der Waals surface area contributed by atoms with Crippen LogP contribution in [0.2, 0.25) is 0 Å². The highest BCUT2D eigenvalue weighted by Gasteiger charge is 2.09. The molecule has 112 valence electrons. The fraction of sp³-hybridized carbons (Fsp3) is 0. The third kappa shape index (κ3) is 2.62. The first kappa shape index (κ1) is 13.7. The van der Waals surface area contributed by atoms with Crippen LogP contribution in [0.1, 0.15) is 9.67 Å². The molecule has 0 aliphatic rings. The van der Waals surface area contributed by atoms with Gasteiger partial charge in [-0.25, -0.2) is 4.98 Å². The van der Waals surface area contributed by atoms with Crippen molar-refractivity contribution in [3.05, 3.63) is 77.2 Å². The molecule has 0 radical (unpaired) electrons. The lowest BCUT2D eigenvalue weighted by molar-refractivity contribution is 0.103. The Morgan fingerprint density at radius 2 is 1.91 bits per heavy atom. The van der Waals surface area contributed by atoms with Gasteiger partial charge in [-0.3, -0.25) is 9.36 Å². The summed E-state index contributed by atoms with van der Waals surface area (Å²) in [5.41, 5.74) is 3.66. The van der Waals surface area contributed by atoms with Gasteiger partial charge < -0.3 is 5.32 Å². The number of hydrogen-bond donors (Lipinski definition) is 1. The van der Waals surface area contributed by atoms with Crippen LogP contribution in [0.5, 0.6) is 0 Å². The van der Waals surface area contributed by atoms with Crippen molar-refractivity contribution < 1.29 is 4.79 Å². The molecule has 0 aliphatic heterocycles. The summed E-state index contributed by atoms with van der Waals surface area (Å²) >= 11 is 1.42. The maximum atomic E-state index is 12.1. The number of aromatic nitrogens is 2. The third-order valence-electron chi connectivity index (χ3n) is 3.58. The summed E-state index contributed by atoms with van der Waals surface area (Å²) in [5, 5.41) is 4.80. The standard InChI is InChI=1S/C18H13N3OS/c22-18(17-7-4-10-23-17)20-13-8-9-16-15(11-13)19-12-21(16)14-5-2-1-3-6-14/h1-12H,(H,20,22). The van der Waals surface area contributed by atoms with E-state index in [0.717, 1.165) is 22.4 Å². The number of nitrogens with one attached hydrogen (secondary N) is 1. The number of benzene rings is 2. The minimum Gasteiger partial charge on any atom is -0.321 e. The Morgan fingerprint density at radius 3 is 2.70 bits per heavy atom. The molecule has 23 heavy (non-hydrogen) atoms. The maximum Gasteiger partial charge on any atom is 0.265 e. The predicted octanol–water partition coefficient (Wildman–Crippen LogP) is 4.34. The highest BCUT2D eigenvalue weighted by Crippen LogP contribution is 2.22. The van der Waals surface area contributed by atoms with E-state index in [9.17, 15) is 4.79 Å². The largest absolute Gasteiger partial charge is 0.321 e. The van der Waals surface area contributed by atoms with Crippen molar-refractivity contribution in [3.8, 4) is 5.69 Å². The number of rotatable bonds is 3. The Bertz CT molecular complexity index is 959. The molecule has 1 amide bonds. The van der Waals surface area contributed by atoms with E-state index in [0.29, 0.717) is 4.88 Å². The summed E-state index contributed by atoms with van der Waals surface area (Å²) in [7, 11) is 0. The van der Waals surface area contributed by atoms with Crippen LogP contribution in [0.4, 0.5) is 5.69 Å². The lowest BCUT2D eigenvalue weighted by atomic mass is 10.2. The number of anilines is 1. The molecular formula is C18H13N3OS. The topological polar surface area (TPSA) is 46.9 Å². The second-order valence-electron chi connectivity index (χ2n) is 5.09. The van der Waals surface area contributed by atoms with Crippen molar-refractivity contribution in [2.75, 3.05) is 5.32 Å². The van der Waals surface area contributed by atoms with Gasteiger partial charge in [0.25, 0.3) is 5.91 Å². The van der Waals surface area contributed by atoms with Crippen molar-refractivity contribution in [2.45, 2.75) is 0 Å². The molecule has 0 saturated heterocycles. The highest BCUT2D eigenvalue weighted by molar-refractivity contribution is 7.12. The van der Waals surface area contributed by atoms with E-state index < -0.39 is 0 Å². The van der Waals surface area contributed by atoms with Crippen LogP contribution in [0.25, 0.3) is 16.7 Å². The van der Waals surface area contributed by atoms with Gasteiger partial charge in [-0.2, -0.15) is 0 Å². The molecule has 0 atom stereocenters. The van der Waals surface area contributed by atoms with E-state index in [-0.39, 0.29) is 5.91 Å². The Hall–Kier alpha value is -2.92. The second kappa shape index (κ2) is 5.70. The van der Waals surface area contributed by atoms with Gasteiger partial charge in [0.1, 0.15) is 6.33 Å². The van der Waals surface area contributed by atoms with Crippen molar-refractivity contribution in [2.24, 2.45) is 0 Å². The molecule has 0 spiro atoms. The highest BCUT2D eigenvalue weighted by atomic mass is 32.1. The minimum atomic E-state index is -0.0955. The van der Waals surface area contributed by atoms with Crippen LogP contribution < -0.4 is 5.32 Å². The smallest absolute Gasteiger partial charge is 0.265 e. The van der Waals surface area contributed by atoms with E-state index in [1.807, 2.05) is 70.6 Å². The summed E-state index contributed by atoms with van der Waals surface area (Å²) in [4.78, 5) is 17.2. The Morgan fingerprint density at radius 1 is 1.04 bits per heavy atom. The van der Waals surface area contributed by atoms with Gasteiger partial charge in [0.05, 0.1) is 15.9 Å². The molecule has 0 aliphatic carbocycles. The summed E-state index contributed by atoms with van der Waals surface area (Å²) < 4.78 is 2.03. The number of para-hydroxylation sites is 1. The number of thiophene rings is 1. The number of nitrogens with zero attached hydrogens (tertiary/aromatic N) is 2. The molecule has 1 N–H and O–H groups in total. The number of carbonyl (C=O) groups excluding carboxylic acids is 1. The number of amides is 1. The average molecular weight is 319 g/mol. The van der Waals surface area contributed by atoms with Gasteiger partial charge in [0, 0.05) is 11.4 Å². The predicted molar refractivity (Wildman–Crippen MR) is 93.3 cm³/mol. The van der Waals surface area contributed by atoms with Crippen LogP contribution in [0.15, 0.2) is 72.4 Å². The van der Waals surface area contributed by atoms with Gasteiger partial charge >= 0.3 is 0 Å². The molecule has 4 rings (SSSR count). The molecule has 0 fully saturated rings. The number of imidazole rings is 1. The zero-order valence-electron chi connectivity index (χ0n) is 12.1. The molecule has 4 nitrogen and oxygen atoms in total. The lowest BCUT2D eigenvalue weighted by Gasteiger charge is -2.06. The quantitative estimate of drug-likeness (QED) is 0.610. The summed E-state index contributed by atoms with van der Waals surface area (Å²) in [6.07, 6.45) is 1.80. The van der Waals surface area contributed by atoms with Crippen LogP contribution in [-0.2, 0) is 0 Å². The molecular weight excluding hydrogens is 306 g/mol. The van der Waals surface area contributed by atoms with Gasteiger partial charge in [-0.15, -0.1) is 11.3 Å². The average Bonchev–Trinajstić information content (AvgIpc) is 3.25. The molecule has 0 unspecified atom stereocenters. The molecule has 2 aromatic carbocycles. The SMILES string of the molecule is O=C(Nc1ccc2c(c1)ncn2-c1ccccc1)c1cccs1. The van der Waals surface area contributed by atoms with E-state index in [1.165, 1.54) is 11.3 Å². The van der Waals surface area contributed by atoms with Crippen LogP contribution in [-0.4, -0.2) is 15.5 Å². The first-order valence-electron chi connectivity index (χ1n) is 7.19. The van der Waals surface area contributed by atoms with Crippen LogP contribution >= 0.6 is 11.3 Å². The van der Waals surface area contributed by atoms with Gasteiger partial charge in [-0.1, -0.05) is 24.3 Å². The van der Waals surface area contributed by atoms with E-state index in [2.05, 4.69) is 10.3 Å². The fourth-order valence-electron chi connectivity index (χ4n) is 2.49. The van der Waals surface area contributed by atoms with Crippen molar-refractivity contribution in [1.29, 1.82) is 0 Å². The molecule has 0 bridgehead atoms. The van der Waals surface area contributed by atoms with Crippen LogP contribution in [0.3, 0.4) is 0 Å². The fourth-order valence-corrected chi connectivity index (χ4v) is 3.10. The molecule has 5 heteroatoms. The maximum absolute atomic E-state index is 12.1. The minimum absolute atomic E-state index is 0.0955. The van der Waals surface area contributed by atoms with E-state index >= 15 is 0 Å².